The number of nitrogens with zero attached hydrogens (tertiary/aromatic N) is 4. The van der Waals surface area contributed by atoms with E-state index in [4.69, 9.17) is 9.47 Å². The average molecular weight is 558 g/mol. The highest BCUT2D eigenvalue weighted by Gasteiger charge is 2.70. The molecule has 0 radical (unpaired) electrons. The Morgan fingerprint density at radius 3 is 2.88 bits per heavy atom. The lowest BCUT2D eigenvalue weighted by atomic mass is 9.87. The molecule has 1 spiro atoms. The molecule has 4 aliphatic rings. The molecule has 3 amide bonds. The lowest BCUT2D eigenvalue weighted by Gasteiger charge is -2.32. The van der Waals surface area contributed by atoms with Crippen LogP contribution in [-0.4, -0.2) is 94.8 Å². The number of hydrogen-bond donors (Lipinski definition) is 2. The summed E-state index contributed by atoms with van der Waals surface area (Å²) in [6, 6.07) is 15.2. The molecule has 2 unspecified atom stereocenters. The van der Waals surface area contributed by atoms with E-state index in [-0.39, 0.29) is 35.7 Å². The van der Waals surface area contributed by atoms with E-state index >= 15 is 0 Å². The average Bonchev–Trinajstić information content (AvgIpc) is 3.56. The second kappa shape index (κ2) is 10.3. The van der Waals surface area contributed by atoms with Crippen molar-refractivity contribution in [1.82, 2.24) is 25.0 Å². The fourth-order valence-corrected chi connectivity index (χ4v) is 7.35. The molecule has 41 heavy (non-hydrogen) atoms. The smallest absolute Gasteiger partial charge is 0.328 e. The molecule has 3 aromatic rings. The van der Waals surface area contributed by atoms with Gasteiger partial charge in [0, 0.05) is 56.3 Å². The molecule has 4 saturated heterocycles. The minimum atomic E-state index is -0.918. The number of urea groups is 1. The molecule has 0 aliphatic carbocycles. The number of carbonyl (C=O) groups excluding carboxylic acids is 2. The number of hydrogen-bond acceptors (Lipinski definition) is 8. The Bertz CT molecular complexity index is 1490. The van der Waals surface area contributed by atoms with Gasteiger partial charge in [0.2, 0.25) is 0 Å². The van der Waals surface area contributed by atoms with E-state index in [0.717, 1.165) is 28.6 Å². The number of aromatic hydroxyl groups is 1. The molecule has 10 heteroatoms. The van der Waals surface area contributed by atoms with Crippen LogP contribution in [0, 0.1) is 5.92 Å². The van der Waals surface area contributed by atoms with Crippen LogP contribution in [0.25, 0.3) is 10.9 Å². The minimum absolute atomic E-state index is 0.0107. The number of amides is 3. The Morgan fingerprint density at radius 2 is 2.07 bits per heavy atom. The molecule has 7 rings (SSSR count). The fraction of sp³-hybridized carbons (Fsp3) is 0.452. The summed E-state index contributed by atoms with van der Waals surface area (Å²) < 4.78 is 10.8. The quantitative estimate of drug-likeness (QED) is 0.427. The Labute approximate surface area is 238 Å². The third-order valence-corrected chi connectivity index (χ3v) is 9.27. The topological polar surface area (TPSA) is 107 Å². The molecule has 1 aromatic heterocycles. The maximum atomic E-state index is 14.3. The number of methoxy groups -OCH3 is 1. The Balaban J connectivity index is 1.19. The molecule has 10 nitrogen and oxygen atoms in total. The normalized spacial score (nSPS) is 28.0. The van der Waals surface area contributed by atoms with Gasteiger partial charge in [-0.3, -0.25) is 19.6 Å². The molecule has 2 N–H and O–H groups in total. The third-order valence-electron chi connectivity index (χ3n) is 9.27. The number of phenolic OH excluding ortho intramolecular Hbond substituents is 1. The largest absolute Gasteiger partial charge is 0.504 e. The van der Waals surface area contributed by atoms with Crippen LogP contribution < -0.4 is 10.1 Å². The van der Waals surface area contributed by atoms with Crippen molar-refractivity contribution in [2.75, 3.05) is 46.5 Å². The van der Waals surface area contributed by atoms with E-state index in [1.54, 1.807) is 12.1 Å². The fourth-order valence-electron chi connectivity index (χ4n) is 7.35. The zero-order valence-electron chi connectivity index (χ0n) is 23.2. The number of phenols is 1. The minimum Gasteiger partial charge on any atom is -0.504 e. The van der Waals surface area contributed by atoms with Gasteiger partial charge in [-0.15, -0.1) is 0 Å². The summed E-state index contributed by atoms with van der Waals surface area (Å²) >= 11 is 0. The van der Waals surface area contributed by atoms with Crippen LogP contribution >= 0.6 is 0 Å². The Kier molecular flexibility index (Phi) is 6.56. The van der Waals surface area contributed by atoms with Gasteiger partial charge in [-0.25, -0.2) is 4.79 Å². The van der Waals surface area contributed by atoms with Crippen molar-refractivity contribution < 1.29 is 24.2 Å². The van der Waals surface area contributed by atoms with Crippen molar-refractivity contribution in [3.8, 4) is 11.5 Å². The molecule has 4 aliphatic heterocycles. The van der Waals surface area contributed by atoms with E-state index < -0.39 is 5.54 Å². The van der Waals surface area contributed by atoms with Crippen LogP contribution in [0.15, 0.2) is 54.7 Å². The lowest BCUT2D eigenvalue weighted by molar-refractivity contribution is -0.133. The van der Waals surface area contributed by atoms with E-state index in [2.05, 4.69) is 21.3 Å². The summed E-state index contributed by atoms with van der Waals surface area (Å²) in [6.07, 6.45) is 3.22. The van der Waals surface area contributed by atoms with Crippen molar-refractivity contribution >= 4 is 22.8 Å². The number of pyridine rings is 1. The van der Waals surface area contributed by atoms with Crippen LogP contribution in [0.4, 0.5) is 4.79 Å². The van der Waals surface area contributed by atoms with E-state index in [1.807, 2.05) is 41.4 Å². The number of para-hydroxylation sites is 1. The van der Waals surface area contributed by atoms with Gasteiger partial charge in [-0.05, 0) is 48.2 Å². The molecule has 2 aromatic carbocycles. The first-order valence-corrected chi connectivity index (χ1v) is 14.4. The van der Waals surface area contributed by atoms with Crippen LogP contribution in [0.3, 0.4) is 0 Å². The Morgan fingerprint density at radius 1 is 1.20 bits per heavy atom. The maximum absolute atomic E-state index is 14.3. The number of aromatic nitrogens is 1. The molecule has 4 fully saturated rings. The predicted octanol–water partition coefficient (Wildman–Crippen LogP) is 2.91. The van der Waals surface area contributed by atoms with Crippen molar-refractivity contribution in [2.24, 2.45) is 5.92 Å². The zero-order valence-corrected chi connectivity index (χ0v) is 23.2. The van der Waals surface area contributed by atoms with Crippen LogP contribution in [-0.2, 0) is 16.1 Å². The number of benzene rings is 2. The number of nitrogens with one attached hydrogen (secondary N) is 1. The number of rotatable bonds is 7. The highest BCUT2D eigenvalue weighted by atomic mass is 16.5. The molecular formula is C31H35N5O5. The Hall–Kier alpha value is -3.73. The van der Waals surface area contributed by atoms with Gasteiger partial charge in [0.1, 0.15) is 5.54 Å². The van der Waals surface area contributed by atoms with E-state index in [9.17, 15) is 14.7 Å². The maximum Gasteiger partial charge on any atom is 0.328 e. The standard InChI is InChI=1S/C31H35N5O5/c1-40-28-7-6-20(12-27(28)37)16-34-17-23-14-26(22-13-21-4-2-3-5-25(21)33-15-22)36-30(39)35(29(38)31(23,36)19-34)10-8-24-18-41-11-9-32-24/h2-7,12-13,15,23-24,26,32,37H,8-11,14,16-19H2,1H3/t23-,24?,26-,31?/m0/s1. The molecule has 5 heterocycles. The lowest BCUT2D eigenvalue weighted by Crippen LogP contribution is -2.51. The summed E-state index contributed by atoms with van der Waals surface area (Å²) in [5, 5.41) is 14.8. The van der Waals surface area contributed by atoms with Crippen molar-refractivity contribution in [3.63, 3.8) is 0 Å². The number of likely N-dealkylation sites (tertiary alicyclic amines) is 1. The van der Waals surface area contributed by atoms with Gasteiger partial charge in [0.25, 0.3) is 5.91 Å². The summed E-state index contributed by atoms with van der Waals surface area (Å²) in [5.41, 5.74) is 1.89. The number of ether oxygens (including phenoxy) is 2. The van der Waals surface area contributed by atoms with Crippen molar-refractivity contribution in [2.45, 2.75) is 37.0 Å². The summed E-state index contributed by atoms with van der Waals surface area (Å²) in [4.78, 5) is 38.7. The van der Waals surface area contributed by atoms with Gasteiger partial charge < -0.3 is 24.8 Å². The molecular weight excluding hydrogens is 522 g/mol. The SMILES string of the molecule is COc1ccc(CN2C[C@@H]3C[C@@H](c4cnc5ccccc5c4)N4C(=O)N(CCC5COCCN5)C(=O)C34C2)cc1O. The first-order valence-electron chi connectivity index (χ1n) is 14.4. The number of fused-ring (bicyclic) bond motifs is 1. The number of morpholine rings is 1. The predicted molar refractivity (Wildman–Crippen MR) is 151 cm³/mol. The molecule has 214 valence electrons. The first-order chi connectivity index (χ1) is 20.0. The van der Waals surface area contributed by atoms with Gasteiger partial charge in [0.15, 0.2) is 11.5 Å². The van der Waals surface area contributed by atoms with Crippen LogP contribution in [0.5, 0.6) is 11.5 Å². The van der Waals surface area contributed by atoms with Gasteiger partial charge in [-0.2, -0.15) is 0 Å². The summed E-state index contributed by atoms with van der Waals surface area (Å²) in [6.45, 7) is 4.11. The molecule has 4 atom stereocenters. The van der Waals surface area contributed by atoms with Crippen LogP contribution in [0.1, 0.15) is 30.0 Å². The first kappa shape index (κ1) is 26.2. The second-order valence-electron chi connectivity index (χ2n) is 11.6. The third kappa shape index (κ3) is 4.32. The number of imide groups is 1. The monoisotopic (exact) mass is 557 g/mol. The highest BCUT2D eigenvalue weighted by molar-refractivity contribution is 6.08. The van der Waals surface area contributed by atoms with Gasteiger partial charge in [0.05, 0.1) is 31.9 Å². The van der Waals surface area contributed by atoms with Gasteiger partial charge >= 0.3 is 6.03 Å². The number of carbonyl (C=O) groups is 2. The zero-order chi connectivity index (χ0) is 28.1. The van der Waals surface area contributed by atoms with E-state index in [0.29, 0.717) is 58.0 Å². The second-order valence-corrected chi connectivity index (χ2v) is 11.6. The van der Waals surface area contributed by atoms with E-state index in [1.165, 1.54) is 12.0 Å². The molecule has 0 saturated carbocycles. The summed E-state index contributed by atoms with van der Waals surface area (Å²) in [7, 11) is 1.53. The molecule has 0 bridgehead atoms. The van der Waals surface area contributed by atoms with Crippen LogP contribution in [0.2, 0.25) is 0 Å². The van der Waals surface area contributed by atoms with Crippen molar-refractivity contribution in [1.29, 1.82) is 0 Å². The summed E-state index contributed by atoms with van der Waals surface area (Å²) in [5.74, 6) is 0.407. The van der Waals surface area contributed by atoms with Gasteiger partial charge in [-0.1, -0.05) is 24.3 Å². The van der Waals surface area contributed by atoms with Crippen molar-refractivity contribution in [3.05, 3.63) is 65.9 Å². The highest BCUT2D eigenvalue weighted by Crippen LogP contribution is 2.55.